The summed E-state index contributed by atoms with van der Waals surface area (Å²) < 4.78 is 1.64. The molecule has 1 N–H and O–H groups in total. The van der Waals surface area contributed by atoms with Crippen molar-refractivity contribution in [3.8, 4) is 0 Å². The minimum absolute atomic E-state index is 0.107. The molecule has 0 saturated carbocycles. The monoisotopic (exact) mass is 293 g/mol. The number of carbonyl (C=O) groups excluding carboxylic acids is 1. The highest BCUT2D eigenvalue weighted by atomic mass is 16.4. The second-order valence-electron chi connectivity index (χ2n) is 6.34. The molecule has 2 atom stereocenters. The Morgan fingerprint density at radius 2 is 2.05 bits per heavy atom. The Labute approximate surface area is 124 Å². The van der Waals surface area contributed by atoms with E-state index in [4.69, 9.17) is 0 Å². The molecule has 1 aliphatic heterocycles. The maximum atomic E-state index is 12.7. The predicted octanol–water partition coefficient (Wildman–Crippen LogP) is 1.73. The first-order valence-corrected chi connectivity index (χ1v) is 7.35. The van der Waals surface area contributed by atoms with Gasteiger partial charge in [0.2, 0.25) is 0 Å². The third-order valence-electron chi connectivity index (χ3n) is 3.93. The molecule has 0 aliphatic carbocycles. The second kappa shape index (κ2) is 5.87. The van der Waals surface area contributed by atoms with Crippen molar-refractivity contribution in [3.05, 3.63) is 17.5 Å². The highest BCUT2D eigenvalue weighted by Gasteiger charge is 2.33. The number of hydrogen-bond acceptors (Lipinski definition) is 3. The number of aliphatic carboxylic acids is 1. The number of likely N-dealkylation sites (tertiary alicyclic amines) is 1. The maximum Gasteiger partial charge on any atom is 0.308 e. The van der Waals surface area contributed by atoms with E-state index in [1.54, 1.807) is 22.8 Å². The lowest BCUT2D eigenvalue weighted by Gasteiger charge is -2.34. The van der Waals surface area contributed by atoms with Crippen molar-refractivity contribution < 1.29 is 14.7 Å². The summed E-state index contributed by atoms with van der Waals surface area (Å²) in [5, 5.41) is 13.6. The van der Waals surface area contributed by atoms with Crippen molar-refractivity contribution >= 4 is 11.9 Å². The van der Waals surface area contributed by atoms with Gasteiger partial charge in [-0.2, -0.15) is 5.10 Å². The van der Waals surface area contributed by atoms with Gasteiger partial charge in [-0.05, 0) is 18.3 Å². The molecule has 1 fully saturated rings. The summed E-state index contributed by atoms with van der Waals surface area (Å²) in [6.07, 6.45) is 2.36. The average Bonchev–Trinajstić information content (AvgIpc) is 2.79. The molecule has 2 heterocycles. The van der Waals surface area contributed by atoms with Gasteiger partial charge in [-0.3, -0.25) is 14.3 Å². The highest BCUT2D eigenvalue weighted by molar-refractivity contribution is 5.95. The zero-order valence-corrected chi connectivity index (χ0v) is 13.0. The molecule has 1 aliphatic rings. The third-order valence-corrected chi connectivity index (χ3v) is 3.93. The Morgan fingerprint density at radius 1 is 1.38 bits per heavy atom. The Bertz CT molecular complexity index is 550. The number of aryl methyl sites for hydroxylation is 1. The van der Waals surface area contributed by atoms with Gasteiger partial charge >= 0.3 is 5.97 Å². The number of amides is 1. The number of hydrogen-bond donors (Lipinski definition) is 1. The van der Waals surface area contributed by atoms with Crippen LogP contribution in [0.3, 0.4) is 0 Å². The third kappa shape index (κ3) is 3.25. The number of carboxylic acids is 1. The van der Waals surface area contributed by atoms with Gasteiger partial charge in [0.15, 0.2) is 0 Å². The first-order valence-electron chi connectivity index (χ1n) is 7.35. The lowest BCUT2D eigenvalue weighted by atomic mass is 9.90. The van der Waals surface area contributed by atoms with Crippen LogP contribution in [0.2, 0.25) is 0 Å². The summed E-state index contributed by atoms with van der Waals surface area (Å²) in [5.41, 5.74) is 1.36. The second-order valence-corrected chi connectivity index (χ2v) is 6.34. The molecule has 0 radical (unpaired) electrons. The van der Waals surface area contributed by atoms with Gasteiger partial charge in [0.1, 0.15) is 0 Å². The quantitative estimate of drug-likeness (QED) is 0.921. The van der Waals surface area contributed by atoms with Gasteiger partial charge in [-0.1, -0.05) is 20.8 Å². The van der Waals surface area contributed by atoms with Crippen LogP contribution in [0.1, 0.15) is 49.2 Å². The summed E-state index contributed by atoms with van der Waals surface area (Å²) >= 11 is 0. The zero-order valence-electron chi connectivity index (χ0n) is 13.0. The van der Waals surface area contributed by atoms with E-state index in [9.17, 15) is 14.7 Å². The fraction of sp³-hybridized carbons (Fsp3) is 0.667. The van der Waals surface area contributed by atoms with Crippen LogP contribution >= 0.6 is 0 Å². The molecule has 0 aromatic carbocycles. The number of rotatable bonds is 3. The maximum absolute atomic E-state index is 12.7. The van der Waals surface area contributed by atoms with Gasteiger partial charge < -0.3 is 10.0 Å². The van der Waals surface area contributed by atoms with Crippen LogP contribution in [0.4, 0.5) is 0 Å². The van der Waals surface area contributed by atoms with Crippen LogP contribution in [0.15, 0.2) is 6.20 Å². The SMILES string of the molecule is CC1CC(C(=O)O)CN(C(=O)c2cn(C)nc2C(C)C)C1. The van der Waals surface area contributed by atoms with Crippen molar-refractivity contribution in [1.82, 2.24) is 14.7 Å². The van der Waals surface area contributed by atoms with Crippen LogP contribution in [-0.4, -0.2) is 44.8 Å². The number of nitrogens with zero attached hydrogens (tertiary/aromatic N) is 3. The molecule has 1 aromatic heterocycles. The molecular formula is C15H23N3O3. The smallest absolute Gasteiger partial charge is 0.308 e. The molecule has 2 unspecified atom stereocenters. The molecular weight excluding hydrogens is 270 g/mol. The molecule has 1 saturated heterocycles. The largest absolute Gasteiger partial charge is 0.481 e. The lowest BCUT2D eigenvalue weighted by Crippen LogP contribution is -2.45. The molecule has 1 aromatic rings. The van der Waals surface area contributed by atoms with Crippen LogP contribution in [0.5, 0.6) is 0 Å². The molecule has 2 rings (SSSR count). The van der Waals surface area contributed by atoms with Gasteiger partial charge in [-0.25, -0.2) is 0 Å². The number of carbonyl (C=O) groups is 2. The average molecular weight is 293 g/mol. The summed E-state index contributed by atoms with van der Waals surface area (Å²) in [6, 6.07) is 0. The van der Waals surface area contributed by atoms with Crippen molar-refractivity contribution in [2.45, 2.75) is 33.1 Å². The van der Waals surface area contributed by atoms with E-state index in [1.807, 2.05) is 20.8 Å². The van der Waals surface area contributed by atoms with E-state index in [1.165, 1.54) is 0 Å². The molecule has 0 spiro atoms. The minimum atomic E-state index is -0.824. The number of piperidine rings is 1. The van der Waals surface area contributed by atoms with Crippen LogP contribution in [0, 0.1) is 11.8 Å². The van der Waals surface area contributed by atoms with Crippen LogP contribution in [0.25, 0.3) is 0 Å². The van der Waals surface area contributed by atoms with E-state index in [-0.39, 0.29) is 24.3 Å². The van der Waals surface area contributed by atoms with Gasteiger partial charge in [0.05, 0.1) is 17.2 Å². The van der Waals surface area contributed by atoms with E-state index >= 15 is 0 Å². The van der Waals surface area contributed by atoms with E-state index in [0.717, 1.165) is 5.69 Å². The molecule has 116 valence electrons. The highest BCUT2D eigenvalue weighted by Crippen LogP contribution is 2.25. The normalized spacial score (nSPS) is 22.6. The van der Waals surface area contributed by atoms with Crippen molar-refractivity contribution in [3.63, 3.8) is 0 Å². The number of aromatic nitrogens is 2. The summed E-state index contributed by atoms with van der Waals surface area (Å²) in [7, 11) is 1.79. The van der Waals surface area contributed by atoms with E-state index < -0.39 is 11.9 Å². The summed E-state index contributed by atoms with van der Waals surface area (Å²) in [5.74, 6) is -1.05. The van der Waals surface area contributed by atoms with Crippen LogP contribution < -0.4 is 0 Å². The van der Waals surface area contributed by atoms with Crippen LogP contribution in [-0.2, 0) is 11.8 Å². The fourth-order valence-corrected chi connectivity index (χ4v) is 2.96. The molecule has 6 nitrogen and oxygen atoms in total. The summed E-state index contributed by atoms with van der Waals surface area (Å²) in [4.78, 5) is 25.6. The lowest BCUT2D eigenvalue weighted by molar-refractivity contribution is -0.143. The first-order chi connectivity index (χ1) is 9.79. The minimum Gasteiger partial charge on any atom is -0.481 e. The molecule has 21 heavy (non-hydrogen) atoms. The standard InChI is InChI=1S/C15H23N3O3/c1-9(2)13-12(8-17(4)16-13)14(19)18-6-10(3)5-11(7-18)15(20)21/h8-11H,5-7H2,1-4H3,(H,20,21). The van der Waals surface area contributed by atoms with Crippen molar-refractivity contribution in [2.24, 2.45) is 18.9 Å². The topological polar surface area (TPSA) is 75.4 Å². The fourth-order valence-electron chi connectivity index (χ4n) is 2.96. The Morgan fingerprint density at radius 3 is 2.62 bits per heavy atom. The Balaban J connectivity index is 2.25. The Kier molecular flexibility index (Phi) is 4.34. The van der Waals surface area contributed by atoms with Crippen molar-refractivity contribution in [2.75, 3.05) is 13.1 Å². The van der Waals surface area contributed by atoms with Gasteiger partial charge in [0.25, 0.3) is 5.91 Å². The molecule has 0 bridgehead atoms. The molecule has 1 amide bonds. The van der Waals surface area contributed by atoms with E-state index in [0.29, 0.717) is 18.5 Å². The zero-order chi connectivity index (χ0) is 15.7. The molecule has 6 heteroatoms. The number of carboxylic acid groups (broad SMARTS) is 1. The predicted molar refractivity (Wildman–Crippen MR) is 78.1 cm³/mol. The Hall–Kier alpha value is -1.85. The van der Waals surface area contributed by atoms with E-state index in [2.05, 4.69) is 5.10 Å². The summed E-state index contributed by atoms with van der Waals surface area (Å²) in [6.45, 7) is 6.87. The van der Waals surface area contributed by atoms with Gasteiger partial charge in [0, 0.05) is 26.3 Å². The van der Waals surface area contributed by atoms with Gasteiger partial charge in [-0.15, -0.1) is 0 Å². The van der Waals surface area contributed by atoms with Crippen molar-refractivity contribution in [1.29, 1.82) is 0 Å². The first kappa shape index (κ1) is 15.5.